The summed E-state index contributed by atoms with van der Waals surface area (Å²) in [7, 11) is -2.96. The number of hydrogen-bond donors (Lipinski definition) is 0. The molecule has 1 aromatic carbocycles. The molecule has 0 saturated heterocycles. The van der Waals surface area contributed by atoms with Crippen molar-refractivity contribution < 1.29 is 17.9 Å². The lowest BCUT2D eigenvalue weighted by molar-refractivity contribution is 0.101. The second kappa shape index (κ2) is 7.05. The van der Waals surface area contributed by atoms with Crippen LogP contribution in [0.1, 0.15) is 30.6 Å². The van der Waals surface area contributed by atoms with E-state index < -0.39 is 9.84 Å². The van der Waals surface area contributed by atoms with Crippen molar-refractivity contribution in [1.29, 1.82) is 0 Å². The summed E-state index contributed by atoms with van der Waals surface area (Å²) >= 11 is 3.29. The van der Waals surface area contributed by atoms with E-state index in [4.69, 9.17) is 4.74 Å². The minimum atomic E-state index is -2.96. The number of rotatable bonds is 7. The molecule has 0 heterocycles. The van der Waals surface area contributed by atoms with E-state index >= 15 is 0 Å². The van der Waals surface area contributed by atoms with Crippen LogP contribution in [0, 0.1) is 0 Å². The van der Waals surface area contributed by atoms with Crippen LogP contribution >= 0.6 is 15.9 Å². The summed E-state index contributed by atoms with van der Waals surface area (Å²) in [5.74, 6) is 0.654. The molecular weight excluding hydrogens is 332 g/mol. The second-order valence-electron chi connectivity index (χ2n) is 4.14. The fourth-order valence-electron chi connectivity index (χ4n) is 1.51. The predicted molar refractivity (Wildman–Crippen MR) is 78.6 cm³/mol. The summed E-state index contributed by atoms with van der Waals surface area (Å²) in [5, 5.41) is 0. The van der Waals surface area contributed by atoms with E-state index in [1.54, 1.807) is 25.1 Å². The number of carbonyl (C=O) groups is 1. The fraction of sp³-hybridized carbons (Fsp3) is 0.462. The van der Waals surface area contributed by atoms with E-state index in [2.05, 4.69) is 15.9 Å². The van der Waals surface area contributed by atoms with Crippen molar-refractivity contribution in [2.45, 2.75) is 20.3 Å². The number of sulfone groups is 1. The van der Waals surface area contributed by atoms with Crippen LogP contribution in [-0.2, 0) is 9.84 Å². The third-order valence-corrected chi connectivity index (χ3v) is 4.90. The van der Waals surface area contributed by atoms with E-state index in [0.717, 1.165) is 4.47 Å². The Labute approximate surface area is 122 Å². The van der Waals surface area contributed by atoms with E-state index in [1.165, 1.54) is 6.92 Å². The maximum absolute atomic E-state index is 11.5. The first kappa shape index (κ1) is 16.2. The maximum atomic E-state index is 11.5. The van der Waals surface area contributed by atoms with Crippen LogP contribution in [0.25, 0.3) is 0 Å². The van der Waals surface area contributed by atoms with Gasteiger partial charge in [-0.2, -0.15) is 0 Å². The van der Waals surface area contributed by atoms with Crippen molar-refractivity contribution in [2.75, 3.05) is 18.1 Å². The molecule has 1 rings (SSSR count). The lowest BCUT2D eigenvalue weighted by Crippen LogP contribution is -2.12. The highest BCUT2D eigenvalue weighted by atomic mass is 79.9. The van der Waals surface area contributed by atoms with E-state index in [0.29, 0.717) is 17.7 Å². The molecule has 0 amide bonds. The van der Waals surface area contributed by atoms with E-state index in [-0.39, 0.29) is 23.9 Å². The van der Waals surface area contributed by atoms with Crippen molar-refractivity contribution in [2.24, 2.45) is 0 Å². The average Bonchev–Trinajstić information content (AvgIpc) is 2.36. The quantitative estimate of drug-likeness (QED) is 0.561. The smallest absolute Gasteiger partial charge is 0.163 e. The number of hydrogen-bond acceptors (Lipinski definition) is 4. The molecule has 0 aliphatic rings. The summed E-state index contributed by atoms with van der Waals surface area (Å²) in [6.07, 6.45) is 0.420. The molecule has 1 aromatic rings. The van der Waals surface area contributed by atoms with Crippen LogP contribution in [0.4, 0.5) is 0 Å². The van der Waals surface area contributed by atoms with Gasteiger partial charge in [0.15, 0.2) is 5.78 Å². The molecule has 0 spiro atoms. The summed E-state index contributed by atoms with van der Waals surface area (Å²) in [6.45, 7) is 3.37. The zero-order valence-corrected chi connectivity index (χ0v) is 13.4. The molecule has 4 nitrogen and oxygen atoms in total. The first-order chi connectivity index (χ1) is 8.85. The Morgan fingerprint density at radius 1 is 1.37 bits per heavy atom. The number of ketones is 1. The molecule has 0 atom stereocenters. The maximum Gasteiger partial charge on any atom is 0.163 e. The molecule has 0 radical (unpaired) electrons. The van der Waals surface area contributed by atoms with Crippen LogP contribution in [0.2, 0.25) is 0 Å². The monoisotopic (exact) mass is 348 g/mol. The van der Waals surface area contributed by atoms with Gasteiger partial charge in [0.25, 0.3) is 0 Å². The molecule has 0 aromatic heterocycles. The number of halogens is 1. The molecule has 0 unspecified atom stereocenters. The average molecular weight is 349 g/mol. The minimum absolute atomic E-state index is 0.0857. The van der Waals surface area contributed by atoms with Crippen molar-refractivity contribution >= 4 is 31.6 Å². The van der Waals surface area contributed by atoms with Gasteiger partial charge in [-0.05, 0) is 31.5 Å². The van der Waals surface area contributed by atoms with Crippen LogP contribution in [0.3, 0.4) is 0 Å². The normalized spacial score (nSPS) is 11.3. The molecule has 106 valence electrons. The van der Waals surface area contributed by atoms with Gasteiger partial charge >= 0.3 is 0 Å². The SMILES string of the molecule is CCS(=O)(=O)CCCOc1ccc(Br)cc1C(C)=O. The molecule has 0 fully saturated rings. The lowest BCUT2D eigenvalue weighted by atomic mass is 10.1. The summed E-state index contributed by atoms with van der Waals surface area (Å²) < 4.78 is 28.9. The molecule has 0 N–H and O–H groups in total. The third-order valence-electron chi connectivity index (χ3n) is 2.62. The first-order valence-corrected chi connectivity index (χ1v) is 8.61. The highest BCUT2D eigenvalue weighted by Gasteiger charge is 2.10. The van der Waals surface area contributed by atoms with Gasteiger partial charge in [-0.1, -0.05) is 22.9 Å². The van der Waals surface area contributed by atoms with Crippen LogP contribution in [-0.4, -0.2) is 32.3 Å². The summed E-state index contributed by atoms with van der Waals surface area (Å²) in [5.41, 5.74) is 0.493. The molecule has 0 saturated carbocycles. The standard InChI is InChI=1S/C13H17BrO4S/c1-3-19(16,17)8-4-7-18-13-6-5-11(14)9-12(13)10(2)15/h5-6,9H,3-4,7-8H2,1-2H3. The van der Waals surface area contributed by atoms with Crippen LogP contribution < -0.4 is 4.74 Å². The van der Waals surface area contributed by atoms with Crippen LogP contribution in [0.5, 0.6) is 5.75 Å². The Hall–Kier alpha value is -0.880. The zero-order valence-electron chi connectivity index (χ0n) is 11.0. The third kappa shape index (κ3) is 5.32. The van der Waals surface area contributed by atoms with Gasteiger partial charge in [-0.25, -0.2) is 8.42 Å². The van der Waals surface area contributed by atoms with Gasteiger partial charge in [0, 0.05) is 10.2 Å². The fourth-order valence-corrected chi connectivity index (χ4v) is 2.72. The van der Waals surface area contributed by atoms with Gasteiger partial charge in [-0.3, -0.25) is 4.79 Å². The number of Topliss-reactive ketones (excluding diaryl/α,β-unsaturated/α-hetero) is 1. The van der Waals surface area contributed by atoms with E-state index in [9.17, 15) is 13.2 Å². The number of benzene rings is 1. The topological polar surface area (TPSA) is 60.4 Å². The largest absolute Gasteiger partial charge is 0.493 e. The lowest BCUT2D eigenvalue weighted by Gasteiger charge is -2.10. The van der Waals surface area contributed by atoms with Gasteiger partial charge in [0.1, 0.15) is 15.6 Å². The van der Waals surface area contributed by atoms with Gasteiger partial charge in [-0.15, -0.1) is 0 Å². The molecule has 0 aliphatic carbocycles. The number of ether oxygens (including phenoxy) is 1. The van der Waals surface area contributed by atoms with Crippen molar-refractivity contribution in [3.8, 4) is 5.75 Å². The first-order valence-electron chi connectivity index (χ1n) is 5.99. The highest BCUT2D eigenvalue weighted by Crippen LogP contribution is 2.23. The Kier molecular flexibility index (Phi) is 6.00. The van der Waals surface area contributed by atoms with Gasteiger partial charge in [0.2, 0.25) is 0 Å². The Bertz CT molecular complexity index is 552. The molecule has 0 bridgehead atoms. The molecule has 19 heavy (non-hydrogen) atoms. The van der Waals surface area contributed by atoms with Gasteiger partial charge in [0.05, 0.1) is 17.9 Å². The highest BCUT2D eigenvalue weighted by molar-refractivity contribution is 9.10. The van der Waals surface area contributed by atoms with Gasteiger partial charge < -0.3 is 4.74 Å². The Morgan fingerprint density at radius 3 is 2.63 bits per heavy atom. The van der Waals surface area contributed by atoms with Crippen LogP contribution in [0.15, 0.2) is 22.7 Å². The molecule has 0 aliphatic heterocycles. The Balaban J connectivity index is 2.61. The Morgan fingerprint density at radius 2 is 2.05 bits per heavy atom. The zero-order chi connectivity index (χ0) is 14.5. The van der Waals surface area contributed by atoms with E-state index in [1.807, 2.05) is 0 Å². The predicted octanol–water partition coefficient (Wildman–Crippen LogP) is 2.86. The number of carbonyl (C=O) groups excluding carboxylic acids is 1. The summed E-state index contributed by atoms with van der Waals surface area (Å²) in [4.78, 5) is 11.5. The van der Waals surface area contributed by atoms with Crippen molar-refractivity contribution in [1.82, 2.24) is 0 Å². The molecule has 6 heteroatoms. The summed E-state index contributed by atoms with van der Waals surface area (Å²) in [6, 6.07) is 5.18. The second-order valence-corrected chi connectivity index (χ2v) is 7.52. The van der Waals surface area contributed by atoms with Crippen molar-refractivity contribution in [3.05, 3.63) is 28.2 Å². The van der Waals surface area contributed by atoms with Crippen molar-refractivity contribution in [3.63, 3.8) is 0 Å². The molecular formula is C13H17BrO4S. The minimum Gasteiger partial charge on any atom is -0.493 e.